The van der Waals surface area contributed by atoms with Gasteiger partial charge in [0.2, 0.25) is 5.91 Å². The zero-order valence-electron chi connectivity index (χ0n) is 12.3. The molecule has 21 heavy (non-hydrogen) atoms. The summed E-state index contributed by atoms with van der Waals surface area (Å²) < 4.78 is 4.89. The number of amides is 1. The number of hydrogen-bond donors (Lipinski definition) is 1. The van der Waals surface area contributed by atoms with E-state index in [0.29, 0.717) is 18.1 Å². The van der Waals surface area contributed by atoms with Gasteiger partial charge >= 0.3 is 5.97 Å². The molecular formula is C15H20ClNO4. The van der Waals surface area contributed by atoms with Gasteiger partial charge < -0.3 is 14.7 Å². The predicted octanol–water partition coefficient (Wildman–Crippen LogP) is 2.14. The van der Waals surface area contributed by atoms with Crippen molar-refractivity contribution in [1.29, 1.82) is 0 Å². The summed E-state index contributed by atoms with van der Waals surface area (Å²) in [6.07, 6.45) is 0.776. The maximum absolute atomic E-state index is 12.1. The molecule has 1 rings (SSSR count). The molecule has 0 unspecified atom stereocenters. The van der Waals surface area contributed by atoms with Crippen LogP contribution in [-0.4, -0.2) is 48.7 Å². The van der Waals surface area contributed by atoms with Crippen LogP contribution in [0.4, 0.5) is 0 Å². The first-order valence-corrected chi connectivity index (χ1v) is 7.05. The number of hydrogen-bond acceptors (Lipinski definition) is 3. The third kappa shape index (κ3) is 6.14. The lowest BCUT2D eigenvalue weighted by Crippen LogP contribution is -2.38. The van der Waals surface area contributed by atoms with Crippen LogP contribution in [0.25, 0.3) is 0 Å². The van der Waals surface area contributed by atoms with Crippen molar-refractivity contribution in [3.63, 3.8) is 0 Å². The summed E-state index contributed by atoms with van der Waals surface area (Å²) in [5.41, 5.74) is 1.94. The van der Waals surface area contributed by atoms with Gasteiger partial charge in [0.05, 0.1) is 6.61 Å². The topological polar surface area (TPSA) is 66.8 Å². The first-order valence-electron chi connectivity index (χ1n) is 6.67. The molecule has 6 heteroatoms. The number of carboxylic acid groups (broad SMARTS) is 1. The van der Waals surface area contributed by atoms with Crippen molar-refractivity contribution >= 4 is 23.5 Å². The Bertz CT molecular complexity index is 504. The second-order valence-electron chi connectivity index (χ2n) is 4.79. The number of methoxy groups -OCH3 is 1. The number of carbonyl (C=O) groups excluding carboxylic acids is 1. The molecule has 5 nitrogen and oxygen atoms in total. The van der Waals surface area contributed by atoms with Crippen molar-refractivity contribution in [1.82, 2.24) is 4.90 Å². The zero-order chi connectivity index (χ0) is 15.8. The van der Waals surface area contributed by atoms with E-state index in [2.05, 4.69) is 0 Å². The minimum Gasteiger partial charge on any atom is -0.480 e. The van der Waals surface area contributed by atoms with E-state index in [-0.39, 0.29) is 25.4 Å². The van der Waals surface area contributed by atoms with Crippen LogP contribution in [-0.2, 0) is 20.7 Å². The molecule has 0 saturated heterocycles. The van der Waals surface area contributed by atoms with Crippen molar-refractivity contribution in [3.05, 3.63) is 34.3 Å². The standard InChI is InChI=1S/C15H20ClNO4/c1-11-3-4-12(9-13(11)16)5-6-14(18)17(7-8-21-2)10-15(19)20/h3-4,9H,5-8,10H2,1-2H3,(H,19,20). The van der Waals surface area contributed by atoms with Crippen LogP contribution in [0.5, 0.6) is 0 Å². The first kappa shape index (κ1) is 17.5. The van der Waals surface area contributed by atoms with Crippen LogP contribution < -0.4 is 0 Å². The Morgan fingerprint density at radius 3 is 2.67 bits per heavy atom. The van der Waals surface area contributed by atoms with E-state index < -0.39 is 5.97 Å². The van der Waals surface area contributed by atoms with Crippen molar-refractivity contribution < 1.29 is 19.4 Å². The van der Waals surface area contributed by atoms with Gasteiger partial charge in [-0.3, -0.25) is 9.59 Å². The molecular weight excluding hydrogens is 294 g/mol. The molecule has 1 amide bonds. The second kappa shape index (κ2) is 8.64. The van der Waals surface area contributed by atoms with Crippen LogP contribution in [0.3, 0.4) is 0 Å². The second-order valence-corrected chi connectivity index (χ2v) is 5.19. The summed E-state index contributed by atoms with van der Waals surface area (Å²) in [6.45, 7) is 2.19. The molecule has 0 atom stereocenters. The van der Waals surface area contributed by atoms with Gasteiger partial charge in [0.1, 0.15) is 6.54 Å². The van der Waals surface area contributed by atoms with Crippen LogP contribution >= 0.6 is 11.6 Å². The van der Waals surface area contributed by atoms with E-state index in [0.717, 1.165) is 11.1 Å². The van der Waals surface area contributed by atoms with E-state index in [1.165, 1.54) is 12.0 Å². The summed E-state index contributed by atoms with van der Waals surface area (Å²) >= 11 is 6.04. The van der Waals surface area contributed by atoms with Crippen LogP contribution in [0.1, 0.15) is 17.5 Å². The summed E-state index contributed by atoms with van der Waals surface area (Å²) in [6, 6.07) is 5.66. The monoisotopic (exact) mass is 313 g/mol. The Hall–Kier alpha value is -1.59. The van der Waals surface area contributed by atoms with Gasteiger partial charge in [-0.1, -0.05) is 23.7 Å². The Labute approximate surface area is 129 Å². The van der Waals surface area contributed by atoms with Crippen LogP contribution in [0.2, 0.25) is 5.02 Å². The maximum atomic E-state index is 12.1. The molecule has 116 valence electrons. The number of benzene rings is 1. The van der Waals surface area contributed by atoms with Crippen molar-refractivity contribution in [2.45, 2.75) is 19.8 Å². The third-order valence-corrected chi connectivity index (χ3v) is 3.52. The average molecular weight is 314 g/mol. The van der Waals surface area contributed by atoms with Crippen LogP contribution in [0.15, 0.2) is 18.2 Å². The number of rotatable bonds is 8. The molecule has 0 aliphatic carbocycles. The molecule has 1 aromatic rings. The molecule has 0 heterocycles. The molecule has 1 aromatic carbocycles. The van der Waals surface area contributed by atoms with E-state index in [4.69, 9.17) is 21.4 Å². The van der Waals surface area contributed by atoms with E-state index in [1.54, 1.807) is 0 Å². The van der Waals surface area contributed by atoms with Gasteiger partial charge in [-0.25, -0.2) is 0 Å². The molecule has 0 saturated carbocycles. The lowest BCUT2D eigenvalue weighted by molar-refractivity contribution is -0.144. The number of carboxylic acids is 1. The van der Waals surface area contributed by atoms with E-state index in [1.807, 2.05) is 25.1 Å². The number of carbonyl (C=O) groups is 2. The third-order valence-electron chi connectivity index (χ3n) is 3.11. The van der Waals surface area contributed by atoms with Crippen molar-refractivity contribution in [3.8, 4) is 0 Å². The van der Waals surface area contributed by atoms with Gasteiger partial charge in [-0.2, -0.15) is 0 Å². The summed E-state index contributed by atoms with van der Waals surface area (Å²) in [4.78, 5) is 24.2. The van der Waals surface area contributed by atoms with Gasteiger partial charge in [-0.05, 0) is 30.5 Å². The fourth-order valence-corrected chi connectivity index (χ4v) is 2.06. The van der Waals surface area contributed by atoms with Crippen LogP contribution in [0, 0.1) is 6.92 Å². The normalized spacial score (nSPS) is 10.4. The molecule has 0 bridgehead atoms. The smallest absolute Gasteiger partial charge is 0.323 e. The molecule has 0 aliphatic rings. The lowest BCUT2D eigenvalue weighted by Gasteiger charge is -2.20. The molecule has 0 spiro atoms. The quantitative estimate of drug-likeness (QED) is 0.798. The van der Waals surface area contributed by atoms with Crippen molar-refractivity contribution in [2.24, 2.45) is 0 Å². The highest BCUT2D eigenvalue weighted by atomic mass is 35.5. The molecule has 1 N–H and O–H groups in total. The molecule has 0 radical (unpaired) electrons. The minimum absolute atomic E-state index is 0.203. The number of halogens is 1. The molecule has 0 aliphatic heterocycles. The fraction of sp³-hybridized carbons (Fsp3) is 0.467. The maximum Gasteiger partial charge on any atom is 0.323 e. The fourth-order valence-electron chi connectivity index (χ4n) is 1.86. The summed E-state index contributed by atoms with van der Waals surface area (Å²) in [5, 5.41) is 9.50. The summed E-state index contributed by atoms with van der Waals surface area (Å²) in [7, 11) is 1.51. The zero-order valence-corrected chi connectivity index (χ0v) is 13.0. The number of ether oxygens (including phenoxy) is 1. The van der Waals surface area contributed by atoms with Gasteiger partial charge in [0.15, 0.2) is 0 Å². The lowest BCUT2D eigenvalue weighted by atomic mass is 10.1. The highest BCUT2D eigenvalue weighted by molar-refractivity contribution is 6.31. The average Bonchev–Trinajstić information content (AvgIpc) is 2.44. The molecule has 0 aromatic heterocycles. The highest BCUT2D eigenvalue weighted by Gasteiger charge is 2.16. The number of aliphatic carboxylic acids is 1. The van der Waals surface area contributed by atoms with Crippen molar-refractivity contribution in [2.75, 3.05) is 26.8 Å². The number of aryl methyl sites for hydroxylation is 2. The Morgan fingerprint density at radius 2 is 2.10 bits per heavy atom. The SMILES string of the molecule is COCCN(CC(=O)O)C(=O)CCc1ccc(C)c(Cl)c1. The Balaban J connectivity index is 2.59. The first-order chi connectivity index (χ1) is 9.93. The van der Waals surface area contributed by atoms with Gasteiger partial charge in [-0.15, -0.1) is 0 Å². The van der Waals surface area contributed by atoms with E-state index in [9.17, 15) is 9.59 Å². The highest BCUT2D eigenvalue weighted by Crippen LogP contribution is 2.17. The Morgan fingerprint density at radius 1 is 1.38 bits per heavy atom. The Kier molecular flexibility index (Phi) is 7.19. The molecule has 0 fully saturated rings. The minimum atomic E-state index is -1.03. The largest absolute Gasteiger partial charge is 0.480 e. The summed E-state index contributed by atoms with van der Waals surface area (Å²) in [5.74, 6) is -1.23. The van der Waals surface area contributed by atoms with Gasteiger partial charge in [0.25, 0.3) is 0 Å². The van der Waals surface area contributed by atoms with Gasteiger partial charge in [0, 0.05) is 25.1 Å². The predicted molar refractivity (Wildman–Crippen MR) is 80.6 cm³/mol. The van der Waals surface area contributed by atoms with E-state index >= 15 is 0 Å². The number of nitrogens with zero attached hydrogens (tertiary/aromatic N) is 1.